The van der Waals surface area contributed by atoms with Crippen molar-refractivity contribution in [3.63, 3.8) is 0 Å². The molecule has 5 heteroatoms. The standard InChI is InChI=1S/C8H7ClF3N/c1-5(9)6-2-7(4-13-3-6)8(10,11)12/h2-5H,1H3. The van der Waals surface area contributed by atoms with E-state index in [9.17, 15) is 13.2 Å². The zero-order valence-corrected chi connectivity index (χ0v) is 7.52. The Labute approximate surface area is 78.5 Å². The molecule has 0 bridgehead atoms. The highest BCUT2D eigenvalue weighted by Gasteiger charge is 2.31. The van der Waals surface area contributed by atoms with Crippen LogP contribution in [0.3, 0.4) is 0 Å². The van der Waals surface area contributed by atoms with Crippen LogP contribution in [0, 0.1) is 0 Å². The number of aromatic nitrogens is 1. The largest absolute Gasteiger partial charge is 0.417 e. The lowest BCUT2D eigenvalue weighted by Crippen LogP contribution is -2.06. The normalized spacial score (nSPS) is 14.2. The molecular formula is C8H7ClF3N. The number of halogens is 4. The summed E-state index contributed by atoms with van der Waals surface area (Å²) in [6, 6.07) is 1.00. The second kappa shape index (κ2) is 3.54. The van der Waals surface area contributed by atoms with Crippen molar-refractivity contribution in [1.29, 1.82) is 0 Å². The summed E-state index contributed by atoms with van der Waals surface area (Å²) < 4.78 is 36.4. The highest BCUT2D eigenvalue weighted by atomic mass is 35.5. The van der Waals surface area contributed by atoms with Crippen LogP contribution < -0.4 is 0 Å². The Morgan fingerprint density at radius 3 is 2.46 bits per heavy atom. The van der Waals surface area contributed by atoms with Gasteiger partial charge in [0.05, 0.1) is 10.9 Å². The summed E-state index contributed by atoms with van der Waals surface area (Å²) in [6.07, 6.45) is -2.25. The number of pyridine rings is 1. The van der Waals surface area contributed by atoms with Crippen LogP contribution in [0.4, 0.5) is 13.2 Å². The monoisotopic (exact) mass is 209 g/mol. The summed E-state index contributed by atoms with van der Waals surface area (Å²) in [4.78, 5) is 3.47. The molecule has 1 heterocycles. The van der Waals surface area contributed by atoms with Gasteiger partial charge in [-0.1, -0.05) is 0 Å². The number of alkyl halides is 4. The molecule has 0 N–H and O–H groups in total. The summed E-state index contributed by atoms with van der Waals surface area (Å²) in [7, 11) is 0. The number of rotatable bonds is 1. The molecule has 1 rings (SSSR count). The SMILES string of the molecule is CC(Cl)c1cncc(C(F)(F)F)c1. The van der Waals surface area contributed by atoms with Crippen molar-refractivity contribution in [1.82, 2.24) is 4.98 Å². The van der Waals surface area contributed by atoms with Crippen LogP contribution in [-0.2, 0) is 6.18 Å². The molecule has 0 spiro atoms. The van der Waals surface area contributed by atoms with E-state index in [4.69, 9.17) is 11.6 Å². The maximum atomic E-state index is 12.1. The summed E-state index contributed by atoms with van der Waals surface area (Å²) in [5.74, 6) is 0. The van der Waals surface area contributed by atoms with Crippen molar-refractivity contribution < 1.29 is 13.2 Å². The lowest BCUT2D eigenvalue weighted by molar-refractivity contribution is -0.137. The molecule has 0 saturated carbocycles. The highest BCUT2D eigenvalue weighted by molar-refractivity contribution is 6.20. The van der Waals surface area contributed by atoms with E-state index in [-0.39, 0.29) is 0 Å². The van der Waals surface area contributed by atoms with Crippen LogP contribution in [0.25, 0.3) is 0 Å². The third-order valence-electron chi connectivity index (χ3n) is 1.55. The number of hydrogen-bond donors (Lipinski definition) is 0. The van der Waals surface area contributed by atoms with Crippen LogP contribution in [0.15, 0.2) is 18.5 Å². The average Bonchev–Trinajstić information content (AvgIpc) is 2.03. The Balaban J connectivity index is 3.06. The van der Waals surface area contributed by atoms with E-state index in [2.05, 4.69) is 4.98 Å². The molecule has 0 aromatic carbocycles. The third kappa shape index (κ3) is 2.59. The van der Waals surface area contributed by atoms with E-state index in [0.29, 0.717) is 5.56 Å². The molecule has 1 aromatic rings. The van der Waals surface area contributed by atoms with Gasteiger partial charge >= 0.3 is 6.18 Å². The number of nitrogens with zero attached hydrogens (tertiary/aromatic N) is 1. The molecule has 1 nitrogen and oxygen atoms in total. The summed E-state index contributed by atoms with van der Waals surface area (Å²) >= 11 is 5.62. The molecule has 0 saturated heterocycles. The fourth-order valence-corrected chi connectivity index (χ4v) is 0.950. The van der Waals surface area contributed by atoms with Crippen molar-refractivity contribution in [2.45, 2.75) is 18.5 Å². The van der Waals surface area contributed by atoms with E-state index in [1.54, 1.807) is 6.92 Å². The molecule has 0 aliphatic carbocycles. The molecular weight excluding hydrogens is 203 g/mol. The van der Waals surface area contributed by atoms with Gasteiger partial charge < -0.3 is 0 Å². The van der Waals surface area contributed by atoms with Gasteiger partial charge in [-0.3, -0.25) is 4.98 Å². The zero-order valence-electron chi connectivity index (χ0n) is 6.77. The fraction of sp³-hybridized carbons (Fsp3) is 0.375. The van der Waals surface area contributed by atoms with Gasteiger partial charge in [-0.05, 0) is 18.6 Å². The van der Waals surface area contributed by atoms with Gasteiger partial charge in [0.1, 0.15) is 0 Å². The maximum absolute atomic E-state index is 12.1. The first-order valence-corrected chi connectivity index (χ1v) is 4.01. The molecule has 0 aliphatic rings. The van der Waals surface area contributed by atoms with Gasteiger partial charge in [0.25, 0.3) is 0 Å². The second-order valence-electron chi connectivity index (χ2n) is 2.62. The first-order chi connectivity index (χ1) is 5.91. The molecule has 72 valence electrons. The van der Waals surface area contributed by atoms with E-state index in [1.165, 1.54) is 6.20 Å². The predicted octanol–water partition coefficient (Wildman–Crippen LogP) is 3.40. The Kier molecular flexibility index (Phi) is 2.81. The summed E-state index contributed by atoms with van der Waals surface area (Å²) in [6.45, 7) is 1.60. The summed E-state index contributed by atoms with van der Waals surface area (Å²) in [5, 5.41) is -0.463. The van der Waals surface area contributed by atoms with Crippen molar-refractivity contribution in [3.8, 4) is 0 Å². The Morgan fingerprint density at radius 2 is 2.00 bits per heavy atom. The molecule has 1 atom stereocenters. The van der Waals surface area contributed by atoms with Gasteiger partial charge in [0.15, 0.2) is 0 Å². The van der Waals surface area contributed by atoms with Gasteiger partial charge in [0.2, 0.25) is 0 Å². The van der Waals surface area contributed by atoms with Crippen LogP contribution in [0.1, 0.15) is 23.4 Å². The third-order valence-corrected chi connectivity index (χ3v) is 1.80. The topological polar surface area (TPSA) is 12.9 Å². The van der Waals surface area contributed by atoms with Crippen molar-refractivity contribution in [2.24, 2.45) is 0 Å². The first-order valence-electron chi connectivity index (χ1n) is 3.57. The lowest BCUT2D eigenvalue weighted by Gasteiger charge is -2.08. The van der Waals surface area contributed by atoms with Crippen LogP contribution in [0.2, 0.25) is 0 Å². The second-order valence-corrected chi connectivity index (χ2v) is 3.28. The summed E-state index contributed by atoms with van der Waals surface area (Å²) in [5.41, 5.74) is -0.394. The van der Waals surface area contributed by atoms with E-state index >= 15 is 0 Å². The smallest absolute Gasteiger partial charge is 0.264 e. The van der Waals surface area contributed by atoms with Gasteiger partial charge in [0, 0.05) is 12.4 Å². The molecule has 1 aromatic heterocycles. The van der Waals surface area contributed by atoms with Gasteiger partial charge in [-0.15, -0.1) is 11.6 Å². The molecule has 13 heavy (non-hydrogen) atoms. The lowest BCUT2D eigenvalue weighted by atomic mass is 10.1. The minimum atomic E-state index is -4.35. The fourth-order valence-electron chi connectivity index (χ4n) is 0.830. The molecule has 0 aliphatic heterocycles. The Morgan fingerprint density at radius 1 is 1.38 bits per heavy atom. The van der Waals surface area contributed by atoms with Crippen LogP contribution >= 0.6 is 11.6 Å². The van der Waals surface area contributed by atoms with Crippen LogP contribution in [-0.4, -0.2) is 4.98 Å². The zero-order chi connectivity index (χ0) is 10.1. The average molecular weight is 210 g/mol. The molecule has 0 amide bonds. The first kappa shape index (κ1) is 10.3. The molecule has 0 radical (unpaired) electrons. The van der Waals surface area contributed by atoms with E-state index in [0.717, 1.165) is 12.3 Å². The van der Waals surface area contributed by atoms with Crippen molar-refractivity contribution >= 4 is 11.6 Å². The minimum absolute atomic E-state index is 0.372. The Hall–Kier alpha value is -0.770. The number of hydrogen-bond acceptors (Lipinski definition) is 1. The van der Waals surface area contributed by atoms with Crippen LogP contribution in [0.5, 0.6) is 0 Å². The van der Waals surface area contributed by atoms with Crippen molar-refractivity contribution in [3.05, 3.63) is 29.6 Å². The van der Waals surface area contributed by atoms with Crippen molar-refractivity contribution in [2.75, 3.05) is 0 Å². The molecule has 1 unspecified atom stereocenters. The van der Waals surface area contributed by atoms with Gasteiger partial charge in [-0.25, -0.2) is 0 Å². The maximum Gasteiger partial charge on any atom is 0.417 e. The molecule has 0 fully saturated rings. The highest BCUT2D eigenvalue weighted by Crippen LogP contribution is 2.30. The minimum Gasteiger partial charge on any atom is -0.264 e. The quantitative estimate of drug-likeness (QED) is 0.646. The van der Waals surface area contributed by atoms with E-state index < -0.39 is 17.1 Å². The predicted molar refractivity (Wildman–Crippen MR) is 43.5 cm³/mol. The Bertz CT molecular complexity index is 296. The van der Waals surface area contributed by atoms with E-state index in [1.807, 2.05) is 0 Å². The van der Waals surface area contributed by atoms with Gasteiger partial charge in [-0.2, -0.15) is 13.2 Å².